The highest BCUT2D eigenvalue weighted by atomic mass is 35.5. The monoisotopic (exact) mass is 395 g/mol. The molecule has 26 heavy (non-hydrogen) atoms. The summed E-state index contributed by atoms with van der Waals surface area (Å²) in [6.45, 7) is 2.50. The average Bonchev–Trinajstić information content (AvgIpc) is 2.62. The Morgan fingerprint density at radius 3 is 2.50 bits per heavy atom. The minimum Gasteiger partial charge on any atom is -0.385 e. The minimum absolute atomic E-state index is 0. The Kier molecular flexibility index (Phi) is 6.50. The highest BCUT2D eigenvalue weighted by molar-refractivity contribution is 7.92. The zero-order chi connectivity index (χ0) is 17.9. The number of nitrogens with one attached hydrogen (secondary N) is 3. The number of rotatable bonds is 5. The number of fused-ring (bicyclic) bond motifs is 1. The summed E-state index contributed by atoms with van der Waals surface area (Å²) >= 11 is 0. The van der Waals surface area contributed by atoms with Crippen molar-refractivity contribution in [2.75, 3.05) is 27.7 Å². The van der Waals surface area contributed by atoms with Gasteiger partial charge in [-0.25, -0.2) is 8.42 Å². The summed E-state index contributed by atoms with van der Waals surface area (Å²) in [6, 6.07) is 12.3. The van der Waals surface area contributed by atoms with Gasteiger partial charge in [-0.3, -0.25) is 9.52 Å². The molecule has 0 spiro atoms. The van der Waals surface area contributed by atoms with Gasteiger partial charge in [-0.05, 0) is 61.7 Å². The van der Waals surface area contributed by atoms with Crippen LogP contribution in [-0.4, -0.2) is 26.6 Å². The van der Waals surface area contributed by atoms with Crippen LogP contribution in [0.5, 0.6) is 0 Å². The number of hydrogen-bond acceptors (Lipinski definition) is 4. The maximum Gasteiger partial charge on any atom is 0.256 e. The van der Waals surface area contributed by atoms with Crippen molar-refractivity contribution < 1.29 is 13.2 Å². The average molecular weight is 396 g/mol. The first kappa shape index (κ1) is 20.1. The standard InChI is InChI=1S/C18H21N3O3S.ClH/c1-2-25(23,24)21-14-10-8-13(9-11-14)20-18(22)16-5-3-7-17-15(16)6-4-12-19-17;/h3,5,7-11,19,21H,2,4,6,12H2,1H3,(H,20,22);1H. The van der Waals surface area contributed by atoms with Gasteiger partial charge in [0.2, 0.25) is 10.0 Å². The maximum absolute atomic E-state index is 12.6. The summed E-state index contributed by atoms with van der Waals surface area (Å²) < 4.78 is 25.6. The van der Waals surface area contributed by atoms with Crippen LogP contribution in [0, 0.1) is 0 Å². The molecule has 3 N–H and O–H groups in total. The summed E-state index contributed by atoms with van der Waals surface area (Å²) in [5.74, 6) is -0.152. The quantitative estimate of drug-likeness (QED) is 0.723. The molecular formula is C18H22ClN3O3S. The van der Waals surface area contributed by atoms with Crippen LogP contribution >= 0.6 is 12.4 Å². The molecule has 3 rings (SSSR count). The van der Waals surface area contributed by atoms with Gasteiger partial charge in [-0.2, -0.15) is 0 Å². The lowest BCUT2D eigenvalue weighted by atomic mass is 9.97. The van der Waals surface area contributed by atoms with E-state index in [1.54, 1.807) is 31.2 Å². The van der Waals surface area contributed by atoms with Gasteiger partial charge in [0.1, 0.15) is 0 Å². The van der Waals surface area contributed by atoms with Gasteiger partial charge < -0.3 is 10.6 Å². The van der Waals surface area contributed by atoms with Crippen molar-refractivity contribution in [3.05, 3.63) is 53.6 Å². The van der Waals surface area contributed by atoms with Crippen molar-refractivity contribution in [1.82, 2.24) is 0 Å². The van der Waals surface area contributed by atoms with E-state index in [9.17, 15) is 13.2 Å². The number of sulfonamides is 1. The number of hydrogen-bond donors (Lipinski definition) is 3. The van der Waals surface area contributed by atoms with Crippen molar-refractivity contribution >= 4 is 45.4 Å². The topological polar surface area (TPSA) is 87.3 Å². The predicted molar refractivity (Wildman–Crippen MR) is 108 cm³/mol. The van der Waals surface area contributed by atoms with Gasteiger partial charge in [0.15, 0.2) is 0 Å². The Balaban J connectivity index is 0.00000243. The highest BCUT2D eigenvalue weighted by Gasteiger charge is 2.17. The van der Waals surface area contributed by atoms with Crippen LogP contribution in [-0.2, 0) is 16.4 Å². The largest absolute Gasteiger partial charge is 0.385 e. The fourth-order valence-corrected chi connectivity index (χ4v) is 3.43. The van der Waals surface area contributed by atoms with Crippen molar-refractivity contribution in [2.24, 2.45) is 0 Å². The van der Waals surface area contributed by atoms with E-state index >= 15 is 0 Å². The molecule has 1 aliphatic rings. The van der Waals surface area contributed by atoms with Crippen molar-refractivity contribution in [3.63, 3.8) is 0 Å². The van der Waals surface area contributed by atoms with Crippen molar-refractivity contribution in [3.8, 4) is 0 Å². The number of benzene rings is 2. The molecule has 1 aliphatic heterocycles. The smallest absolute Gasteiger partial charge is 0.256 e. The summed E-state index contributed by atoms with van der Waals surface area (Å²) in [4.78, 5) is 12.6. The zero-order valence-corrected chi connectivity index (χ0v) is 16.0. The van der Waals surface area contributed by atoms with Gasteiger partial charge in [0.05, 0.1) is 5.75 Å². The lowest BCUT2D eigenvalue weighted by Crippen LogP contribution is -2.19. The normalized spacial score (nSPS) is 13.0. The van der Waals surface area contributed by atoms with Gasteiger partial charge in [0, 0.05) is 29.2 Å². The SMILES string of the molecule is CCS(=O)(=O)Nc1ccc(NC(=O)c2cccc3c2CCCN3)cc1.Cl. The van der Waals surface area contributed by atoms with Crippen LogP contribution in [0.2, 0.25) is 0 Å². The fraction of sp³-hybridized carbons (Fsp3) is 0.278. The molecular weight excluding hydrogens is 374 g/mol. The molecule has 140 valence electrons. The third-order valence-corrected chi connectivity index (χ3v) is 5.44. The molecule has 0 atom stereocenters. The Labute approximate surface area is 159 Å². The summed E-state index contributed by atoms with van der Waals surface area (Å²) in [5.41, 5.74) is 3.81. The Morgan fingerprint density at radius 2 is 1.81 bits per heavy atom. The first-order valence-corrected chi connectivity index (χ1v) is 9.91. The molecule has 0 saturated heterocycles. The first-order valence-electron chi connectivity index (χ1n) is 8.26. The highest BCUT2D eigenvalue weighted by Crippen LogP contribution is 2.26. The second-order valence-corrected chi connectivity index (χ2v) is 7.91. The van der Waals surface area contributed by atoms with Crippen LogP contribution in [0.25, 0.3) is 0 Å². The van der Waals surface area contributed by atoms with E-state index in [-0.39, 0.29) is 24.1 Å². The summed E-state index contributed by atoms with van der Waals surface area (Å²) in [5, 5.41) is 6.18. The van der Waals surface area contributed by atoms with E-state index in [0.29, 0.717) is 16.9 Å². The number of anilines is 3. The second kappa shape index (κ2) is 8.42. The van der Waals surface area contributed by atoms with Crippen molar-refractivity contribution in [1.29, 1.82) is 0 Å². The van der Waals surface area contributed by atoms with Crippen LogP contribution in [0.15, 0.2) is 42.5 Å². The molecule has 2 aromatic rings. The van der Waals surface area contributed by atoms with Crippen LogP contribution in [0.3, 0.4) is 0 Å². The number of carbonyl (C=O) groups is 1. The maximum atomic E-state index is 12.6. The molecule has 0 fully saturated rings. The molecule has 0 saturated carbocycles. The Morgan fingerprint density at radius 1 is 1.12 bits per heavy atom. The summed E-state index contributed by atoms with van der Waals surface area (Å²) in [7, 11) is -3.31. The molecule has 0 unspecified atom stereocenters. The molecule has 1 heterocycles. The third-order valence-electron chi connectivity index (χ3n) is 4.14. The molecule has 2 aromatic carbocycles. The molecule has 8 heteroatoms. The van der Waals surface area contributed by atoms with Gasteiger partial charge in [0.25, 0.3) is 5.91 Å². The number of amides is 1. The lowest BCUT2D eigenvalue weighted by molar-refractivity contribution is 0.102. The van der Waals surface area contributed by atoms with E-state index in [1.807, 2.05) is 18.2 Å². The predicted octanol–water partition coefficient (Wildman–Crippen LogP) is 3.48. The van der Waals surface area contributed by atoms with E-state index in [2.05, 4.69) is 15.4 Å². The van der Waals surface area contributed by atoms with Crippen molar-refractivity contribution in [2.45, 2.75) is 19.8 Å². The zero-order valence-electron chi connectivity index (χ0n) is 14.4. The van der Waals surface area contributed by atoms with Gasteiger partial charge in [-0.1, -0.05) is 6.07 Å². The lowest BCUT2D eigenvalue weighted by Gasteiger charge is -2.20. The molecule has 0 bridgehead atoms. The van der Waals surface area contributed by atoms with Crippen LogP contribution in [0.1, 0.15) is 29.3 Å². The van der Waals surface area contributed by atoms with E-state index in [1.165, 1.54) is 0 Å². The molecule has 0 aliphatic carbocycles. The van der Waals surface area contributed by atoms with Gasteiger partial charge in [-0.15, -0.1) is 12.4 Å². The minimum atomic E-state index is -3.31. The molecule has 6 nitrogen and oxygen atoms in total. The van der Waals surface area contributed by atoms with E-state index in [4.69, 9.17) is 0 Å². The van der Waals surface area contributed by atoms with Gasteiger partial charge >= 0.3 is 0 Å². The van der Waals surface area contributed by atoms with Crippen LogP contribution < -0.4 is 15.4 Å². The Bertz CT molecular complexity index is 883. The summed E-state index contributed by atoms with van der Waals surface area (Å²) in [6.07, 6.45) is 1.88. The molecule has 1 amide bonds. The molecule has 0 radical (unpaired) electrons. The fourth-order valence-electron chi connectivity index (χ4n) is 2.79. The third kappa shape index (κ3) is 4.68. The second-order valence-electron chi connectivity index (χ2n) is 5.90. The Hall–Kier alpha value is -2.25. The van der Waals surface area contributed by atoms with E-state index in [0.717, 1.165) is 30.6 Å². The number of halogens is 1. The molecule has 0 aromatic heterocycles. The van der Waals surface area contributed by atoms with E-state index < -0.39 is 10.0 Å². The first-order chi connectivity index (χ1) is 12.0. The van der Waals surface area contributed by atoms with Crippen LogP contribution in [0.4, 0.5) is 17.1 Å². The number of carbonyl (C=O) groups excluding carboxylic acids is 1.